The molecule has 0 amide bonds. The lowest BCUT2D eigenvalue weighted by Gasteiger charge is -2.23. The molecule has 17 heavy (non-hydrogen) atoms. The fraction of sp³-hybridized carbons (Fsp3) is 0.400. The van der Waals surface area contributed by atoms with E-state index in [0.717, 1.165) is 18.8 Å². The summed E-state index contributed by atoms with van der Waals surface area (Å²) in [6.07, 6.45) is 0.541. The van der Waals surface area contributed by atoms with Crippen molar-refractivity contribution in [2.45, 2.75) is 33.7 Å². The van der Waals surface area contributed by atoms with Crippen molar-refractivity contribution in [3.05, 3.63) is 48.2 Å². The molecule has 0 atom stereocenters. The Balaban J connectivity index is 0.00000121. The van der Waals surface area contributed by atoms with Crippen molar-refractivity contribution in [3.63, 3.8) is 0 Å². The summed E-state index contributed by atoms with van der Waals surface area (Å²) in [5.41, 5.74) is 2.26. The van der Waals surface area contributed by atoms with E-state index in [0.29, 0.717) is 6.42 Å². The van der Waals surface area contributed by atoms with Crippen LogP contribution in [0.25, 0.3) is 0 Å². The topological polar surface area (TPSA) is 27.0 Å². The van der Waals surface area contributed by atoms with Crippen LogP contribution in [0.15, 0.2) is 42.6 Å². The van der Waals surface area contributed by atoms with Crippen molar-refractivity contribution in [2.24, 2.45) is 0 Å². The number of benzene rings is 1. The SMILES string of the molecule is C=C(C)N(CCC#N)Cc1ccccc1.CC. The molecule has 0 saturated carbocycles. The Hall–Kier alpha value is -1.75. The molecule has 1 aromatic rings. The van der Waals surface area contributed by atoms with Gasteiger partial charge < -0.3 is 4.90 Å². The van der Waals surface area contributed by atoms with Crippen LogP contribution in [0, 0.1) is 11.3 Å². The lowest BCUT2D eigenvalue weighted by molar-refractivity contribution is 0.347. The maximum absolute atomic E-state index is 8.56. The summed E-state index contributed by atoms with van der Waals surface area (Å²) in [7, 11) is 0. The molecule has 0 bridgehead atoms. The van der Waals surface area contributed by atoms with Crippen LogP contribution >= 0.6 is 0 Å². The maximum atomic E-state index is 8.56. The average molecular weight is 230 g/mol. The van der Waals surface area contributed by atoms with E-state index < -0.39 is 0 Å². The number of nitrogens with zero attached hydrogens (tertiary/aromatic N) is 2. The first-order valence-electron chi connectivity index (χ1n) is 6.05. The first kappa shape index (κ1) is 15.2. The van der Waals surface area contributed by atoms with Crippen molar-refractivity contribution < 1.29 is 0 Å². The molecule has 2 heteroatoms. The molecule has 0 saturated heterocycles. The van der Waals surface area contributed by atoms with Gasteiger partial charge in [-0.3, -0.25) is 0 Å². The third kappa shape index (κ3) is 6.42. The molecule has 2 nitrogen and oxygen atoms in total. The molecule has 0 spiro atoms. The average Bonchev–Trinajstić information content (AvgIpc) is 2.38. The molecule has 0 aliphatic rings. The monoisotopic (exact) mass is 230 g/mol. The zero-order valence-electron chi connectivity index (χ0n) is 11.1. The van der Waals surface area contributed by atoms with Crippen LogP contribution in [-0.4, -0.2) is 11.4 Å². The van der Waals surface area contributed by atoms with E-state index >= 15 is 0 Å². The number of hydrogen-bond donors (Lipinski definition) is 0. The van der Waals surface area contributed by atoms with E-state index in [2.05, 4.69) is 29.7 Å². The maximum Gasteiger partial charge on any atom is 0.0640 e. The van der Waals surface area contributed by atoms with Gasteiger partial charge in [0.1, 0.15) is 0 Å². The zero-order chi connectivity index (χ0) is 13.1. The van der Waals surface area contributed by atoms with Gasteiger partial charge in [0.15, 0.2) is 0 Å². The Bertz CT molecular complexity index is 349. The van der Waals surface area contributed by atoms with Crippen LogP contribution < -0.4 is 0 Å². The fourth-order valence-electron chi connectivity index (χ4n) is 1.39. The molecule has 1 rings (SSSR count). The van der Waals surface area contributed by atoms with Crippen LogP contribution in [0.4, 0.5) is 0 Å². The molecule has 0 unspecified atom stereocenters. The highest BCUT2D eigenvalue weighted by atomic mass is 15.1. The van der Waals surface area contributed by atoms with Crippen molar-refractivity contribution in [1.82, 2.24) is 4.90 Å². The summed E-state index contributed by atoms with van der Waals surface area (Å²) >= 11 is 0. The third-order valence-electron chi connectivity index (χ3n) is 2.25. The van der Waals surface area contributed by atoms with Gasteiger partial charge in [0, 0.05) is 18.8 Å². The molecular weight excluding hydrogens is 208 g/mol. The number of nitriles is 1. The largest absolute Gasteiger partial charge is 0.370 e. The van der Waals surface area contributed by atoms with Gasteiger partial charge >= 0.3 is 0 Å². The second-order valence-electron chi connectivity index (χ2n) is 3.55. The van der Waals surface area contributed by atoms with Crippen LogP contribution in [0.5, 0.6) is 0 Å². The van der Waals surface area contributed by atoms with Gasteiger partial charge in [0.25, 0.3) is 0 Å². The summed E-state index contributed by atoms with van der Waals surface area (Å²) in [5.74, 6) is 0. The Morgan fingerprint density at radius 2 is 1.88 bits per heavy atom. The summed E-state index contributed by atoms with van der Waals surface area (Å²) < 4.78 is 0. The van der Waals surface area contributed by atoms with Gasteiger partial charge in [-0.2, -0.15) is 5.26 Å². The predicted molar refractivity (Wildman–Crippen MR) is 73.2 cm³/mol. The Morgan fingerprint density at radius 1 is 1.29 bits per heavy atom. The highest BCUT2D eigenvalue weighted by Crippen LogP contribution is 2.09. The standard InChI is InChI=1S/C13H16N2.C2H6/c1-12(2)15(10-6-9-14)11-13-7-4-3-5-8-13;1-2/h3-5,7-8H,1,6,10-11H2,2H3;1-2H3. The van der Waals surface area contributed by atoms with Gasteiger partial charge in [0.05, 0.1) is 12.5 Å². The minimum atomic E-state index is 0.541. The van der Waals surface area contributed by atoms with Crippen LogP contribution in [-0.2, 0) is 6.54 Å². The minimum Gasteiger partial charge on any atom is -0.370 e. The van der Waals surface area contributed by atoms with Crippen LogP contribution in [0.2, 0.25) is 0 Å². The molecule has 1 aromatic carbocycles. The Morgan fingerprint density at radius 3 is 2.35 bits per heavy atom. The molecular formula is C15H22N2. The van der Waals surface area contributed by atoms with Crippen LogP contribution in [0.3, 0.4) is 0 Å². The smallest absolute Gasteiger partial charge is 0.0640 e. The summed E-state index contributed by atoms with van der Waals surface area (Å²) in [4.78, 5) is 2.12. The summed E-state index contributed by atoms with van der Waals surface area (Å²) in [6, 6.07) is 12.4. The van der Waals surface area contributed by atoms with E-state index in [1.54, 1.807) is 0 Å². The second-order valence-corrected chi connectivity index (χ2v) is 3.55. The normalized spacial score (nSPS) is 8.59. The van der Waals surface area contributed by atoms with Crippen molar-refractivity contribution in [1.29, 1.82) is 5.26 Å². The molecule has 0 aromatic heterocycles. The van der Waals surface area contributed by atoms with E-state index in [9.17, 15) is 0 Å². The van der Waals surface area contributed by atoms with E-state index in [-0.39, 0.29) is 0 Å². The first-order valence-corrected chi connectivity index (χ1v) is 6.05. The molecule has 0 fully saturated rings. The molecule has 0 aliphatic heterocycles. The van der Waals surface area contributed by atoms with Crippen molar-refractivity contribution >= 4 is 0 Å². The fourth-order valence-corrected chi connectivity index (χ4v) is 1.39. The minimum absolute atomic E-state index is 0.541. The summed E-state index contributed by atoms with van der Waals surface area (Å²) in [6.45, 7) is 11.5. The lowest BCUT2D eigenvalue weighted by Crippen LogP contribution is -2.21. The van der Waals surface area contributed by atoms with E-state index in [1.807, 2.05) is 39.0 Å². The lowest BCUT2D eigenvalue weighted by atomic mass is 10.2. The van der Waals surface area contributed by atoms with Crippen LogP contribution in [0.1, 0.15) is 32.8 Å². The second kappa shape index (κ2) is 9.47. The van der Waals surface area contributed by atoms with Gasteiger partial charge in [-0.05, 0) is 12.5 Å². The van der Waals surface area contributed by atoms with Gasteiger partial charge in [-0.25, -0.2) is 0 Å². The van der Waals surface area contributed by atoms with Crippen molar-refractivity contribution in [3.8, 4) is 6.07 Å². The number of rotatable bonds is 5. The van der Waals surface area contributed by atoms with Gasteiger partial charge in [-0.1, -0.05) is 50.8 Å². The van der Waals surface area contributed by atoms with Crippen molar-refractivity contribution in [2.75, 3.05) is 6.54 Å². The molecule has 0 heterocycles. The number of hydrogen-bond acceptors (Lipinski definition) is 2. The van der Waals surface area contributed by atoms with E-state index in [1.165, 1.54) is 5.56 Å². The van der Waals surface area contributed by atoms with Gasteiger partial charge in [0.2, 0.25) is 0 Å². The highest BCUT2D eigenvalue weighted by molar-refractivity contribution is 5.15. The molecule has 92 valence electrons. The first-order chi connectivity index (χ1) is 8.24. The highest BCUT2D eigenvalue weighted by Gasteiger charge is 2.03. The number of allylic oxidation sites excluding steroid dienone is 1. The molecule has 0 radical (unpaired) electrons. The predicted octanol–water partition coefficient (Wildman–Crippen LogP) is 3.96. The molecule has 0 N–H and O–H groups in total. The quantitative estimate of drug-likeness (QED) is 0.765. The molecule has 0 aliphatic carbocycles. The van der Waals surface area contributed by atoms with E-state index in [4.69, 9.17) is 5.26 Å². The third-order valence-corrected chi connectivity index (χ3v) is 2.25. The Kier molecular flexibility index (Phi) is 8.50. The zero-order valence-corrected chi connectivity index (χ0v) is 11.1. The van der Waals surface area contributed by atoms with Gasteiger partial charge in [-0.15, -0.1) is 0 Å². The Labute approximate surface area is 105 Å². The summed E-state index contributed by atoms with van der Waals surface area (Å²) in [5, 5.41) is 8.56.